The summed E-state index contributed by atoms with van der Waals surface area (Å²) in [6.07, 6.45) is 5.96. The van der Waals surface area contributed by atoms with Crippen LogP contribution in [0.1, 0.15) is 22.5 Å². The summed E-state index contributed by atoms with van der Waals surface area (Å²) in [7, 11) is 0. The van der Waals surface area contributed by atoms with Crippen molar-refractivity contribution in [1.82, 2.24) is 19.6 Å². The second-order valence-corrected chi connectivity index (χ2v) is 10.9. The van der Waals surface area contributed by atoms with Crippen LogP contribution in [0.3, 0.4) is 0 Å². The molecule has 0 fully saturated rings. The number of aromatic nitrogens is 4. The monoisotopic (exact) mass is 565 g/mol. The fourth-order valence-electron chi connectivity index (χ4n) is 5.66. The molecule has 0 radical (unpaired) electrons. The van der Waals surface area contributed by atoms with Gasteiger partial charge >= 0.3 is 0 Å². The Morgan fingerprint density at radius 3 is 1.82 bits per heavy atom. The van der Waals surface area contributed by atoms with Gasteiger partial charge in [-0.3, -0.25) is 0 Å². The van der Waals surface area contributed by atoms with E-state index >= 15 is 0 Å². The molecule has 0 atom stereocenters. The minimum Gasteiger partial charge on any atom is -0.234 e. The number of hydrogen-bond acceptors (Lipinski definition) is 4. The van der Waals surface area contributed by atoms with Crippen LogP contribution in [0.2, 0.25) is 0 Å². The Morgan fingerprint density at radius 2 is 1.14 bits per heavy atom. The summed E-state index contributed by atoms with van der Waals surface area (Å²) in [5.74, 6) is 1.15. The molecule has 0 aliphatic rings. The summed E-state index contributed by atoms with van der Waals surface area (Å²) in [4.78, 5) is 14.9. The predicted molar refractivity (Wildman–Crippen MR) is 183 cm³/mol. The minimum atomic E-state index is 0.502. The molecule has 2 heterocycles. The third-order valence-corrected chi connectivity index (χ3v) is 7.99. The van der Waals surface area contributed by atoms with Crippen LogP contribution in [0.4, 0.5) is 5.82 Å². The molecule has 0 aliphatic carbocycles. The van der Waals surface area contributed by atoms with Crippen LogP contribution in [-0.2, 0) is 0 Å². The topological polar surface area (TPSA) is 55.4 Å². The summed E-state index contributed by atoms with van der Waals surface area (Å²) in [5, 5.41) is 12.0. The van der Waals surface area contributed by atoms with E-state index in [4.69, 9.17) is 20.1 Å². The van der Waals surface area contributed by atoms with Crippen LogP contribution in [0.25, 0.3) is 61.5 Å². The first-order valence-corrected chi connectivity index (χ1v) is 14.6. The maximum Gasteiger partial charge on any atom is 0.253 e. The van der Waals surface area contributed by atoms with Crippen molar-refractivity contribution in [3.8, 4) is 11.3 Å². The Morgan fingerprint density at radius 1 is 0.568 bits per heavy atom. The molecule has 8 aromatic rings. The van der Waals surface area contributed by atoms with Crippen molar-refractivity contribution in [2.24, 2.45) is 4.99 Å². The summed E-state index contributed by atoms with van der Waals surface area (Å²) >= 11 is 0. The van der Waals surface area contributed by atoms with E-state index < -0.39 is 0 Å². The quantitative estimate of drug-likeness (QED) is 0.195. The molecule has 5 nitrogen and oxygen atoms in total. The Bertz CT molecular complexity index is 2410. The average molecular weight is 566 g/mol. The molecule has 0 saturated carbocycles. The van der Waals surface area contributed by atoms with Crippen LogP contribution >= 0.6 is 0 Å². The van der Waals surface area contributed by atoms with Gasteiger partial charge in [0, 0.05) is 11.8 Å². The van der Waals surface area contributed by atoms with Gasteiger partial charge in [-0.1, -0.05) is 115 Å². The van der Waals surface area contributed by atoms with Gasteiger partial charge in [-0.05, 0) is 74.6 Å². The lowest BCUT2D eigenvalue weighted by Gasteiger charge is -2.04. The number of hydrogen-bond donors (Lipinski definition) is 0. The molecule has 0 N–H and O–H groups in total. The first-order chi connectivity index (χ1) is 21.7. The van der Waals surface area contributed by atoms with Gasteiger partial charge in [0.15, 0.2) is 5.82 Å². The van der Waals surface area contributed by atoms with Crippen LogP contribution < -0.4 is 0 Å². The number of fused-ring (bicyclic) bond motifs is 4. The molecule has 0 saturated heterocycles. The second kappa shape index (κ2) is 10.7. The average Bonchev–Trinajstić information content (AvgIpc) is 3.42. The molecule has 2 aromatic heterocycles. The first-order valence-electron chi connectivity index (χ1n) is 14.6. The molecule has 0 aliphatic heterocycles. The fourth-order valence-corrected chi connectivity index (χ4v) is 5.66. The Kier molecular flexibility index (Phi) is 6.27. The van der Waals surface area contributed by atoms with E-state index in [2.05, 4.69) is 133 Å². The number of benzene rings is 6. The Hall–Kier alpha value is -5.94. The zero-order valence-electron chi connectivity index (χ0n) is 24.1. The molecule has 208 valence electrons. The molecule has 5 heteroatoms. The van der Waals surface area contributed by atoms with Crippen molar-refractivity contribution in [2.45, 2.75) is 6.92 Å². The van der Waals surface area contributed by atoms with Gasteiger partial charge in [-0.25, -0.2) is 15.0 Å². The van der Waals surface area contributed by atoms with E-state index in [9.17, 15) is 0 Å². The van der Waals surface area contributed by atoms with E-state index in [0.717, 1.165) is 39.2 Å². The van der Waals surface area contributed by atoms with Gasteiger partial charge in [-0.2, -0.15) is 9.61 Å². The molecular formula is C39H27N5. The number of rotatable bonds is 5. The third-order valence-electron chi connectivity index (χ3n) is 7.99. The van der Waals surface area contributed by atoms with E-state index in [1.54, 1.807) is 4.52 Å². The van der Waals surface area contributed by atoms with Crippen LogP contribution in [0, 0.1) is 6.92 Å². The predicted octanol–water partition coefficient (Wildman–Crippen LogP) is 9.48. The van der Waals surface area contributed by atoms with Crippen LogP contribution in [0.5, 0.6) is 0 Å². The molecule has 44 heavy (non-hydrogen) atoms. The largest absolute Gasteiger partial charge is 0.253 e. The molecule has 0 amide bonds. The lowest BCUT2D eigenvalue weighted by atomic mass is 10.1. The second-order valence-electron chi connectivity index (χ2n) is 10.9. The summed E-state index contributed by atoms with van der Waals surface area (Å²) < 4.78 is 1.75. The van der Waals surface area contributed by atoms with Gasteiger partial charge in [0.25, 0.3) is 5.78 Å². The van der Waals surface area contributed by atoms with Gasteiger partial charge < -0.3 is 0 Å². The standard InChI is InChI=1S/C39H27N5/c1-26-36(21-16-27-14-17-29-8-2-5-11-32(29)22-27)41-39-42-37(35-20-19-31-10-4-7-13-34(31)24-35)38(44(39)43-26)40-25-28-15-18-30-9-3-6-12-33(30)23-28/h2-25H,1H3/b21-16+,40-25?. The lowest BCUT2D eigenvalue weighted by molar-refractivity contribution is 0.864. The summed E-state index contributed by atoms with van der Waals surface area (Å²) in [6, 6.07) is 44.2. The summed E-state index contributed by atoms with van der Waals surface area (Å²) in [6.45, 7) is 1.97. The van der Waals surface area contributed by atoms with Gasteiger partial charge in [0.1, 0.15) is 5.69 Å². The van der Waals surface area contributed by atoms with Crippen molar-refractivity contribution < 1.29 is 0 Å². The Balaban J connectivity index is 1.24. The van der Waals surface area contributed by atoms with Crippen molar-refractivity contribution in [2.75, 3.05) is 0 Å². The highest BCUT2D eigenvalue weighted by Crippen LogP contribution is 2.32. The van der Waals surface area contributed by atoms with Crippen molar-refractivity contribution in [1.29, 1.82) is 0 Å². The summed E-state index contributed by atoms with van der Waals surface area (Å²) in [5.41, 5.74) is 5.37. The van der Waals surface area contributed by atoms with Gasteiger partial charge in [0.2, 0.25) is 0 Å². The number of nitrogens with zero attached hydrogens (tertiary/aromatic N) is 5. The number of aliphatic imine (C=N–C) groups is 1. The van der Waals surface area contributed by atoms with E-state index in [0.29, 0.717) is 11.6 Å². The van der Waals surface area contributed by atoms with E-state index in [-0.39, 0.29) is 0 Å². The van der Waals surface area contributed by atoms with Crippen molar-refractivity contribution >= 4 is 62.3 Å². The van der Waals surface area contributed by atoms with E-state index in [1.807, 2.05) is 19.2 Å². The molecule has 0 bridgehead atoms. The number of imidazole rings is 1. The van der Waals surface area contributed by atoms with Crippen LogP contribution in [-0.4, -0.2) is 25.8 Å². The highest BCUT2D eigenvalue weighted by atomic mass is 15.3. The highest BCUT2D eigenvalue weighted by molar-refractivity contribution is 5.93. The lowest BCUT2D eigenvalue weighted by Crippen LogP contribution is -2.01. The van der Waals surface area contributed by atoms with E-state index in [1.165, 1.54) is 26.9 Å². The van der Waals surface area contributed by atoms with Gasteiger partial charge in [0.05, 0.1) is 11.4 Å². The fraction of sp³-hybridized carbons (Fsp3) is 0.0256. The van der Waals surface area contributed by atoms with Crippen molar-refractivity contribution in [3.05, 3.63) is 150 Å². The molecule has 8 rings (SSSR count). The maximum atomic E-state index is 4.99. The number of aryl methyl sites for hydroxylation is 1. The zero-order valence-corrected chi connectivity index (χ0v) is 24.1. The first kappa shape index (κ1) is 25.7. The van der Waals surface area contributed by atoms with Crippen LogP contribution in [0.15, 0.2) is 132 Å². The smallest absolute Gasteiger partial charge is 0.234 e. The molecule has 0 spiro atoms. The molecular weight excluding hydrogens is 538 g/mol. The Labute approximate surface area is 254 Å². The SMILES string of the molecule is Cc1nn2c(N=Cc3ccc4ccccc4c3)c(-c3ccc4ccccc4c3)nc2nc1/C=C/c1ccc2ccccc2c1. The molecule has 0 unspecified atom stereocenters. The zero-order chi connectivity index (χ0) is 29.5. The molecule has 6 aromatic carbocycles. The minimum absolute atomic E-state index is 0.502. The van der Waals surface area contributed by atoms with Crippen molar-refractivity contribution in [3.63, 3.8) is 0 Å². The van der Waals surface area contributed by atoms with Gasteiger partial charge in [-0.15, -0.1) is 0 Å². The highest BCUT2D eigenvalue weighted by Gasteiger charge is 2.17. The maximum absolute atomic E-state index is 4.99. The third kappa shape index (κ3) is 4.80. The normalized spacial score (nSPS) is 12.0.